The zero-order valence-corrected chi connectivity index (χ0v) is 11.2. The Bertz CT molecular complexity index is 504. The van der Waals surface area contributed by atoms with E-state index in [1.807, 2.05) is 6.07 Å². The van der Waals surface area contributed by atoms with E-state index in [9.17, 15) is 4.79 Å². The minimum absolute atomic E-state index is 0.0194. The molecule has 0 amide bonds. The van der Waals surface area contributed by atoms with Gasteiger partial charge in [0, 0.05) is 5.75 Å². The lowest BCUT2D eigenvalue weighted by Crippen LogP contribution is -1.91. The van der Waals surface area contributed by atoms with E-state index in [0.717, 1.165) is 9.54 Å². The molecule has 84 valence electrons. The topological polar surface area (TPSA) is 50.4 Å². The molecule has 0 aliphatic carbocycles. The van der Waals surface area contributed by atoms with E-state index in [0.29, 0.717) is 5.09 Å². The molecule has 3 nitrogen and oxygen atoms in total. The molecule has 0 aliphatic rings. The molecule has 0 bridgehead atoms. The Kier molecular flexibility index (Phi) is 3.73. The first-order chi connectivity index (χ1) is 7.65. The highest BCUT2D eigenvalue weighted by Gasteiger charge is 2.09. The van der Waals surface area contributed by atoms with Gasteiger partial charge in [-0.05, 0) is 45.1 Å². The van der Waals surface area contributed by atoms with Crippen molar-refractivity contribution in [3.8, 4) is 0 Å². The molecule has 0 spiro atoms. The monoisotopic (exact) mass is 318 g/mol. The number of hydrogen-bond donors (Lipinski definition) is 1. The van der Waals surface area contributed by atoms with Crippen molar-refractivity contribution in [3.63, 3.8) is 0 Å². The second-order valence-corrected chi connectivity index (χ2v) is 6.24. The highest BCUT2D eigenvalue weighted by molar-refractivity contribution is 9.11. The van der Waals surface area contributed by atoms with Crippen molar-refractivity contribution in [1.82, 2.24) is 0 Å². The van der Waals surface area contributed by atoms with E-state index in [1.54, 1.807) is 17.4 Å². The maximum absolute atomic E-state index is 10.6. The molecular weight excluding hydrogens is 312 g/mol. The molecule has 0 aliphatic heterocycles. The van der Waals surface area contributed by atoms with Crippen LogP contribution in [0.15, 0.2) is 36.9 Å². The normalized spacial score (nSPS) is 10.6. The number of hydrogen-bond acceptors (Lipinski definition) is 4. The Balaban J connectivity index is 1.97. The zero-order chi connectivity index (χ0) is 11.5. The minimum Gasteiger partial charge on any atom is -0.475 e. The Morgan fingerprint density at radius 3 is 2.94 bits per heavy atom. The number of carboxylic acid groups (broad SMARTS) is 1. The molecule has 0 unspecified atom stereocenters. The molecule has 0 fully saturated rings. The van der Waals surface area contributed by atoms with Gasteiger partial charge in [0.15, 0.2) is 5.09 Å². The van der Waals surface area contributed by atoms with E-state index in [1.165, 1.54) is 23.4 Å². The van der Waals surface area contributed by atoms with Gasteiger partial charge in [-0.2, -0.15) is 0 Å². The molecule has 2 rings (SSSR count). The summed E-state index contributed by atoms with van der Waals surface area (Å²) in [7, 11) is 0. The Morgan fingerprint density at radius 1 is 1.56 bits per heavy atom. The maximum Gasteiger partial charge on any atom is 0.371 e. The van der Waals surface area contributed by atoms with E-state index in [4.69, 9.17) is 9.52 Å². The smallest absolute Gasteiger partial charge is 0.371 e. The number of rotatable bonds is 4. The van der Waals surface area contributed by atoms with Crippen molar-refractivity contribution in [2.75, 3.05) is 0 Å². The fraction of sp³-hybridized carbons (Fsp3) is 0.100. The number of thiophene rings is 1. The molecule has 6 heteroatoms. The molecule has 2 aromatic rings. The number of carbonyl (C=O) groups is 1. The minimum atomic E-state index is -1.04. The van der Waals surface area contributed by atoms with E-state index in [2.05, 4.69) is 21.3 Å². The van der Waals surface area contributed by atoms with Crippen LogP contribution in [0.2, 0.25) is 0 Å². The Labute approximate surface area is 109 Å². The average Bonchev–Trinajstić information content (AvgIpc) is 2.83. The van der Waals surface area contributed by atoms with E-state index >= 15 is 0 Å². The lowest BCUT2D eigenvalue weighted by Gasteiger charge is -1.94. The fourth-order valence-electron chi connectivity index (χ4n) is 1.09. The molecule has 2 heterocycles. The first kappa shape index (κ1) is 11.8. The van der Waals surface area contributed by atoms with Gasteiger partial charge in [0.2, 0.25) is 5.76 Å². The summed E-state index contributed by atoms with van der Waals surface area (Å²) in [5.74, 6) is -0.284. The third kappa shape index (κ3) is 2.90. The summed E-state index contributed by atoms with van der Waals surface area (Å²) in [6.45, 7) is 0. The third-order valence-electron chi connectivity index (χ3n) is 1.79. The SMILES string of the molecule is O=C(O)c1ccc(SCc2csc(Br)c2)o1. The van der Waals surface area contributed by atoms with Gasteiger partial charge in [0.25, 0.3) is 0 Å². The Hall–Kier alpha value is -0.720. The Morgan fingerprint density at radius 2 is 2.38 bits per heavy atom. The summed E-state index contributed by atoms with van der Waals surface area (Å²) >= 11 is 6.50. The molecule has 0 saturated carbocycles. The summed E-state index contributed by atoms with van der Waals surface area (Å²) in [5.41, 5.74) is 1.19. The largest absolute Gasteiger partial charge is 0.475 e. The number of thioether (sulfide) groups is 1. The molecule has 1 N–H and O–H groups in total. The van der Waals surface area contributed by atoms with Gasteiger partial charge >= 0.3 is 5.97 Å². The van der Waals surface area contributed by atoms with Gasteiger partial charge in [-0.3, -0.25) is 0 Å². The number of carboxylic acids is 1. The van der Waals surface area contributed by atoms with Crippen LogP contribution in [0.1, 0.15) is 16.1 Å². The first-order valence-electron chi connectivity index (χ1n) is 4.34. The predicted octanol–water partition coefficient (Wildman–Crippen LogP) is 4.09. The van der Waals surface area contributed by atoms with Gasteiger partial charge in [-0.15, -0.1) is 11.3 Å². The van der Waals surface area contributed by atoms with Crippen LogP contribution in [0.5, 0.6) is 0 Å². The first-order valence-corrected chi connectivity index (χ1v) is 7.00. The van der Waals surface area contributed by atoms with Crippen molar-refractivity contribution in [1.29, 1.82) is 0 Å². The lowest BCUT2D eigenvalue weighted by molar-refractivity contribution is 0.0656. The summed E-state index contributed by atoms with van der Waals surface area (Å²) in [4.78, 5) is 10.6. The average molecular weight is 319 g/mol. The highest BCUT2D eigenvalue weighted by atomic mass is 79.9. The zero-order valence-electron chi connectivity index (χ0n) is 7.97. The summed E-state index contributed by atoms with van der Waals surface area (Å²) < 4.78 is 6.22. The van der Waals surface area contributed by atoms with Gasteiger partial charge in [-0.1, -0.05) is 11.8 Å². The maximum atomic E-state index is 10.6. The summed E-state index contributed by atoms with van der Waals surface area (Å²) in [5, 5.41) is 11.4. The summed E-state index contributed by atoms with van der Waals surface area (Å²) in [6.07, 6.45) is 0. The van der Waals surface area contributed by atoms with Gasteiger partial charge in [0.1, 0.15) is 0 Å². The van der Waals surface area contributed by atoms with Crippen molar-refractivity contribution in [2.45, 2.75) is 10.8 Å². The van der Waals surface area contributed by atoms with Crippen molar-refractivity contribution in [3.05, 3.63) is 38.7 Å². The van der Waals surface area contributed by atoms with Crippen LogP contribution in [0.4, 0.5) is 0 Å². The number of halogens is 1. The van der Waals surface area contributed by atoms with Crippen LogP contribution in [0.3, 0.4) is 0 Å². The van der Waals surface area contributed by atoms with Crippen LogP contribution in [-0.4, -0.2) is 11.1 Å². The van der Waals surface area contributed by atoms with Gasteiger partial charge in [-0.25, -0.2) is 4.79 Å². The van der Waals surface area contributed by atoms with Crippen molar-refractivity contribution < 1.29 is 14.3 Å². The molecule has 2 aromatic heterocycles. The second-order valence-electron chi connectivity index (χ2n) is 2.97. The lowest BCUT2D eigenvalue weighted by atomic mass is 10.4. The molecule has 16 heavy (non-hydrogen) atoms. The van der Waals surface area contributed by atoms with Crippen LogP contribution in [0.25, 0.3) is 0 Å². The van der Waals surface area contributed by atoms with Gasteiger partial charge < -0.3 is 9.52 Å². The molecule has 0 saturated heterocycles. The van der Waals surface area contributed by atoms with Gasteiger partial charge in [0.05, 0.1) is 3.79 Å². The van der Waals surface area contributed by atoms with Crippen LogP contribution < -0.4 is 0 Å². The van der Waals surface area contributed by atoms with Crippen molar-refractivity contribution in [2.24, 2.45) is 0 Å². The molecular formula is C10H7BrO3S2. The third-order valence-corrected chi connectivity index (χ3v) is 4.33. The number of aromatic carboxylic acids is 1. The molecule has 0 atom stereocenters. The summed E-state index contributed by atoms with van der Waals surface area (Å²) in [6, 6.07) is 5.18. The highest BCUT2D eigenvalue weighted by Crippen LogP contribution is 2.28. The quantitative estimate of drug-likeness (QED) is 0.862. The van der Waals surface area contributed by atoms with E-state index < -0.39 is 5.97 Å². The predicted molar refractivity (Wildman–Crippen MR) is 67.2 cm³/mol. The molecule has 0 radical (unpaired) electrons. The standard InChI is InChI=1S/C10H7BrO3S2/c11-8-3-6(4-15-8)5-16-9-2-1-7(14-9)10(12)13/h1-4H,5H2,(H,12,13). The van der Waals surface area contributed by atoms with E-state index in [-0.39, 0.29) is 5.76 Å². The van der Waals surface area contributed by atoms with Crippen LogP contribution >= 0.6 is 39.0 Å². The fourth-order valence-corrected chi connectivity index (χ4v) is 3.19. The van der Waals surface area contributed by atoms with Crippen LogP contribution in [-0.2, 0) is 5.75 Å². The molecule has 0 aromatic carbocycles. The van der Waals surface area contributed by atoms with Crippen molar-refractivity contribution >= 4 is 45.0 Å². The number of furan rings is 1. The second kappa shape index (κ2) is 5.07. The van der Waals surface area contributed by atoms with Crippen LogP contribution in [0, 0.1) is 0 Å².